The van der Waals surface area contributed by atoms with E-state index < -0.39 is 0 Å². The minimum absolute atomic E-state index is 0.210. The van der Waals surface area contributed by atoms with Crippen LogP contribution in [0.5, 0.6) is 0 Å². The van der Waals surface area contributed by atoms with Crippen LogP contribution < -0.4 is 4.90 Å². The van der Waals surface area contributed by atoms with Gasteiger partial charge in [0.05, 0.1) is 10.3 Å². The van der Waals surface area contributed by atoms with Crippen molar-refractivity contribution in [3.63, 3.8) is 0 Å². The van der Waals surface area contributed by atoms with E-state index >= 15 is 0 Å². The van der Waals surface area contributed by atoms with E-state index in [0.29, 0.717) is 6.04 Å². The van der Waals surface area contributed by atoms with Crippen LogP contribution in [0.2, 0.25) is 0 Å². The Balaban J connectivity index is 1.51. The van der Waals surface area contributed by atoms with Crippen LogP contribution >= 0.6 is 11.3 Å². The lowest BCUT2D eigenvalue weighted by Gasteiger charge is -2.33. The van der Waals surface area contributed by atoms with E-state index in [4.69, 9.17) is 0 Å². The highest BCUT2D eigenvalue weighted by molar-refractivity contribution is 7.20. The molecule has 1 aliphatic carbocycles. The molecule has 4 heterocycles. The van der Waals surface area contributed by atoms with Gasteiger partial charge >= 0.3 is 0 Å². The molecule has 1 amide bonds. The normalized spacial score (nSPS) is 26.2. The maximum atomic E-state index is 13.2. The van der Waals surface area contributed by atoms with Gasteiger partial charge in [-0.1, -0.05) is 0 Å². The lowest BCUT2D eigenvalue weighted by atomic mass is 10.1. The number of piperidine rings is 1. The molecule has 0 radical (unpaired) electrons. The number of likely N-dealkylation sites (tertiary alicyclic amines) is 1. The molecule has 0 spiro atoms. The first-order valence-electron chi connectivity index (χ1n) is 9.60. The fraction of sp³-hybridized carbons (Fsp3) is 0.632. The minimum atomic E-state index is 0.210. The van der Waals surface area contributed by atoms with Crippen molar-refractivity contribution in [1.82, 2.24) is 19.8 Å². The number of nitrogens with zero attached hydrogens (tertiary/aromatic N) is 5. The number of aryl methyl sites for hydroxylation is 1. The summed E-state index contributed by atoms with van der Waals surface area (Å²) in [5, 5.41) is 1.08. The number of hydrogen-bond donors (Lipinski definition) is 0. The molecule has 2 saturated heterocycles. The average molecular weight is 372 g/mol. The molecular weight excluding hydrogens is 346 g/mol. The highest BCUT2D eigenvalue weighted by Gasteiger charge is 2.41. The minimum Gasteiger partial charge on any atom is -0.353 e. The Hall–Kier alpha value is -1.73. The Morgan fingerprint density at radius 3 is 2.69 bits per heavy atom. The zero-order valence-corrected chi connectivity index (χ0v) is 16.3. The van der Waals surface area contributed by atoms with Crippen molar-refractivity contribution < 1.29 is 4.79 Å². The summed E-state index contributed by atoms with van der Waals surface area (Å²) in [5.41, 5.74) is 1.06. The molecule has 26 heavy (non-hydrogen) atoms. The monoisotopic (exact) mass is 371 g/mol. The zero-order chi connectivity index (χ0) is 17.8. The largest absolute Gasteiger partial charge is 0.353 e. The quantitative estimate of drug-likeness (QED) is 0.811. The summed E-state index contributed by atoms with van der Waals surface area (Å²) in [6.45, 7) is 7.03. The second-order valence-electron chi connectivity index (χ2n) is 8.01. The van der Waals surface area contributed by atoms with E-state index in [9.17, 15) is 4.79 Å². The van der Waals surface area contributed by atoms with Crippen molar-refractivity contribution in [3.8, 4) is 0 Å². The molecule has 3 fully saturated rings. The Labute approximate surface area is 157 Å². The van der Waals surface area contributed by atoms with Crippen molar-refractivity contribution in [2.75, 3.05) is 44.7 Å². The number of fused-ring (bicyclic) bond motifs is 3. The average Bonchev–Trinajstić information content (AvgIpc) is 3.36. The summed E-state index contributed by atoms with van der Waals surface area (Å²) in [7, 11) is 2.16. The topological polar surface area (TPSA) is 52.6 Å². The van der Waals surface area contributed by atoms with Crippen LogP contribution in [0.15, 0.2) is 6.33 Å². The lowest BCUT2D eigenvalue weighted by molar-refractivity contribution is 0.0708. The number of anilines is 1. The molecule has 5 rings (SSSR count). The lowest BCUT2D eigenvalue weighted by Crippen LogP contribution is -2.44. The van der Waals surface area contributed by atoms with Crippen LogP contribution in [-0.4, -0.2) is 71.5 Å². The number of carbonyl (C=O) groups excluding carboxylic acids is 1. The molecule has 2 aromatic rings. The third-order valence-corrected chi connectivity index (χ3v) is 7.56. The number of rotatable bonds is 2. The van der Waals surface area contributed by atoms with Gasteiger partial charge < -0.3 is 14.7 Å². The summed E-state index contributed by atoms with van der Waals surface area (Å²) in [6.07, 6.45) is 5.31. The van der Waals surface area contributed by atoms with Crippen molar-refractivity contribution >= 4 is 33.3 Å². The van der Waals surface area contributed by atoms with E-state index in [-0.39, 0.29) is 5.91 Å². The molecule has 3 aliphatic rings. The molecule has 0 aromatic carbocycles. The van der Waals surface area contributed by atoms with Gasteiger partial charge in [-0.3, -0.25) is 4.79 Å². The van der Waals surface area contributed by atoms with Gasteiger partial charge in [0.25, 0.3) is 5.91 Å². The summed E-state index contributed by atoms with van der Waals surface area (Å²) in [5.74, 6) is 1.93. The van der Waals surface area contributed by atoms with E-state index in [1.165, 1.54) is 19.3 Å². The van der Waals surface area contributed by atoms with Crippen LogP contribution in [0.1, 0.15) is 34.5 Å². The Morgan fingerprint density at radius 1 is 1.19 bits per heavy atom. The Bertz CT molecular complexity index is 857. The van der Waals surface area contributed by atoms with E-state index in [1.807, 2.05) is 0 Å². The predicted octanol–water partition coefficient (Wildman–Crippen LogP) is 2.38. The van der Waals surface area contributed by atoms with E-state index in [0.717, 1.165) is 65.1 Å². The highest BCUT2D eigenvalue weighted by Crippen LogP contribution is 2.41. The van der Waals surface area contributed by atoms with Gasteiger partial charge in [0.2, 0.25) is 0 Å². The van der Waals surface area contributed by atoms with Crippen LogP contribution in [0.4, 0.5) is 5.82 Å². The highest BCUT2D eigenvalue weighted by atomic mass is 32.1. The number of amides is 1. The van der Waals surface area contributed by atoms with Crippen molar-refractivity contribution in [3.05, 3.63) is 16.8 Å². The maximum Gasteiger partial charge on any atom is 0.264 e. The van der Waals surface area contributed by atoms with Crippen LogP contribution in [0, 0.1) is 12.8 Å². The first-order valence-corrected chi connectivity index (χ1v) is 10.4. The predicted molar refractivity (Wildman–Crippen MR) is 104 cm³/mol. The number of carbonyl (C=O) groups is 1. The molecule has 2 unspecified atom stereocenters. The molecule has 2 aromatic heterocycles. The first kappa shape index (κ1) is 16.4. The summed E-state index contributed by atoms with van der Waals surface area (Å²) >= 11 is 1.55. The molecule has 2 atom stereocenters. The maximum absolute atomic E-state index is 13.2. The standard InChI is InChI=1S/C19H25N5OS/c1-12-15-17(23-7-5-22(2)6-8-23)20-11-21-18(15)26-16(12)19(25)24-10-13-3-4-14(24)9-13/h11,13-14H,3-10H2,1-2H3. The summed E-state index contributed by atoms with van der Waals surface area (Å²) in [4.78, 5) is 30.9. The van der Waals surface area contributed by atoms with Crippen LogP contribution in [-0.2, 0) is 0 Å². The molecule has 0 N–H and O–H groups in total. The molecule has 2 bridgehead atoms. The fourth-order valence-corrected chi connectivity index (χ4v) is 5.92. The first-order chi connectivity index (χ1) is 12.6. The van der Waals surface area contributed by atoms with Crippen molar-refractivity contribution in [2.45, 2.75) is 32.2 Å². The Morgan fingerprint density at radius 2 is 2.00 bits per heavy atom. The van der Waals surface area contributed by atoms with Crippen molar-refractivity contribution in [1.29, 1.82) is 0 Å². The zero-order valence-electron chi connectivity index (χ0n) is 15.4. The molecule has 2 aliphatic heterocycles. The van der Waals surface area contributed by atoms with Crippen LogP contribution in [0.3, 0.4) is 0 Å². The van der Waals surface area contributed by atoms with Gasteiger partial charge in [-0.05, 0) is 44.7 Å². The van der Waals surface area contributed by atoms with E-state index in [1.54, 1.807) is 17.7 Å². The molecular formula is C19H25N5OS. The second-order valence-corrected chi connectivity index (χ2v) is 9.01. The van der Waals surface area contributed by atoms with Gasteiger partial charge in [0, 0.05) is 38.8 Å². The van der Waals surface area contributed by atoms with Gasteiger partial charge in [-0.2, -0.15) is 0 Å². The second kappa shape index (κ2) is 6.16. The van der Waals surface area contributed by atoms with Gasteiger partial charge in [-0.15, -0.1) is 11.3 Å². The van der Waals surface area contributed by atoms with Gasteiger partial charge in [0.15, 0.2) is 0 Å². The smallest absolute Gasteiger partial charge is 0.264 e. The molecule has 7 heteroatoms. The molecule has 1 saturated carbocycles. The number of likely N-dealkylation sites (N-methyl/N-ethyl adjacent to an activating group) is 1. The van der Waals surface area contributed by atoms with Crippen LogP contribution in [0.25, 0.3) is 10.2 Å². The third-order valence-electron chi connectivity index (χ3n) is 6.37. The number of aromatic nitrogens is 2. The number of piperazine rings is 1. The molecule has 6 nitrogen and oxygen atoms in total. The summed E-state index contributed by atoms with van der Waals surface area (Å²) < 4.78 is 0. The van der Waals surface area contributed by atoms with Gasteiger partial charge in [-0.25, -0.2) is 9.97 Å². The van der Waals surface area contributed by atoms with Gasteiger partial charge in [0.1, 0.15) is 17.0 Å². The number of thiophene rings is 1. The molecule has 138 valence electrons. The third kappa shape index (κ3) is 2.52. The fourth-order valence-electron chi connectivity index (χ4n) is 4.82. The Kier molecular flexibility index (Phi) is 3.90. The summed E-state index contributed by atoms with van der Waals surface area (Å²) in [6, 6.07) is 0.459. The van der Waals surface area contributed by atoms with E-state index in [2.05, 4.69) is 38.6 Å². The SMILES string of the molecule is Cc1c(C(=O)N2CC3CCC2C3)sc2ncnc(N3CCN(C)CC3)c12. The number of hydrogen-bond acceptors (Lipinski definition) is 6. The van der Waals surface area contributed by atoms with Crippen molar-refractivity contribution in [2.24, 2.45) is 5.92 Å².